The quantitative estimate of drug-likeness (QED) is 0.522. The Labute approximate surface area is 175 Å². The number of carbonyl (C=O) groups is 3. The van der Waals surface area contributed by atoms with Crippen molar-refractivity contribution in [3.63, 3.8) is 0 Å². The van der Waals surface area contributed by atoms with Crippen LogP contribution in [0.25, 0.3) is 10.9 Å². The van der Waals surface area contributed by atoms with E-state index < -0.39 is 30.0 Å². The highest BCUT2D eigenvalue weighted by Crippen LogP contribution is 2.22. The van der Waals surface area contributed by atoms with E-state index in [9.17, 15) is 19.5 Å². The van der Waals surface area contributed by atoms with Gasteiger partial charge in [-0.25, -0.2) is 4.79 Å². The molecule has 30 heavy (non-hydrogen) atoms. The summed E-state index contributed by atoms with van der Waals surface area (Å²) in [4.78, 5) is 42.2. The highest BCUT2D eigenvalue weighted by molar-refractivity contribution is 5.92. The number of hydrogen-bond donors (Lipinski definition) is 4. The number of carboxylic acids is 1. The lowest BCUT2D eigenvalue weighted by molar-refractivity contribution is -0.144. The van der Waals surface area contributed by atoms with E-state index in [2.05, 4.69) is 10.3 Å². The lowest BCUT2D eigenvalue weighted by Gasteiger charge is -2.29. The first-order chi connectivity index (χ1) is 14.3. The molecule has 4 unspecified atom stereocenters. The SMILES string of the molecule is CCC(C)C(N)C(=O)N1CCCC1C(=O)NC(Cc1c[nH]c2ccccc12)C(=O)O. The van der Waals surface area contributed by atoms with Crippen molar-refractivity contribution in [3.05, 3.63) is 36.0 Å². The van der Waals surface area contributed by atoms with Crippen molar-refractivity contribution in [2.45, 2.75) is 57.7 Å². The number of likely N-dealkylation sites (tertiary alicyclic amines) is 1. The Morgan fingerprint density at radius 1 is 1.33 bits per heavy atom. The van der Waals surface area contributed by atoms with E-state index in [1.807, 2.05) is 38.1 Å². The third kappa shape index (κ3) is 4.48. The Morgan fingerprint density at radius 2 is 2.07 bits per heavy atom. The van der Waals surface area contributed by atoms with Crippen LogP contribution in [0.3, 0.4) is 0 Å². The molecule has 3 rings (SSSR count). The van der Waals surface area contributed by atoms with Crippen molar-refractivity contribution < 1.29 is 19.5 Å². The van der Waals surface area contributed by atoms with Crippen molar-refractivity contribution in [2.75, 3.05) is 6.54 Å². The molecule has 8 heteroatoms. The molecule has 1 aliphatic rings. The second kappa shape index (κ2) is 9.30. The average Bonchev–Trinajstić information content (AvgIpc) is 3.39. The number of amides is 2. The molecular weight excluding hydrogens is 384 g/mol. The maximum Gasteiger partial charge on any atom is 0.326 e. The van der Waals surface area contributed by atoms with Gasteiger partial charge in [-0.2, -0.15) is 0 Å². The van der Waals surface area contributed by atoms with E-state index in [0.717, 1.165) is 22.9 Å². The Hall–Kier alpha value is -2.87. The molecule has 2 amide bonds. The predicted octanol–water partition coefficient (Wildman–Crippen LogP) is 1.64. The second-order valence-electron chi connectivity index (χ2n) is 8.06. The molecule has 1 aromatic heterocycles. The fraction of sp³-hybridized carbons (Fsp3) is 0.500. The molecule has 0 spiro atoms. The number of H-pyrrole nitrogens is 1. The van der Waals surface area contributed by atoms with Crippen LogP contribution in [-0.4, -0.2) is 57.4 Å². The van der Waals surface area contributed by atoms with Crippen LogP contribution < -0.4 is 11.1 Å². The number of carbonyl (C=O) groups excluding carboxylic acids is 2. The molecule has 0 bridgehead atoms. The van der Waals surface area contributed by atoms with Gasteiger partial charge in [0.05, 0.1) is 6.04 Å². The summed E-state index contributed by atoms with van der Waals surface area (Å²) in [5.74, 6) is -1.79. The number of fused-ring (bicyclic) bond motifs is 1. The van der Waals surface area contributed by atoms with Crippen LogP contribution in [0, 0.1) is 5.92 Å². The predicted molar refractivity (Wildman–Crippen MR) is 114 cm³/mol. The van der Waals surface area contributed by atoms with Gasteiger partial charge in [0.15, 0.2) is 0 Å². The largest absolute Gasteiger partial charge is 0.480 e. The number of aliphatic carboxylic acids is 1. The lowest BCUT2D eigenvalue weighted by Crippen LogP contribution is -2.55. The van der Waals surface area contributed by atoms with Crippen LogP contribution >= 0.6 is 0 Å². The Bertz CT molecular complexity index is 925. The van der Waals surface area contributed by atoms with Crippen molar-refractivity contribution in [1.29, 1.82) is 0 Å². The van der Waals surface area contributed by atoms with Gasteiger partial charge in [-0.15, -0.1) is 0 Å². The zero-order valence-electron chi connectivity index (χ0n) is 17.4. The fourth-order valence-electron chi connectivity index (χ4n) is 3.98. The minimum atomic E-state index is -1.11. The molecule has 2 aromatic rings. The smallest absolute Gasteiger partial charge is 0.326 e. The third-order valence-electron chi connectivity index (χ3n) is 6.09. The molecule has 8 nitrogen and oxygen atoms in total. The molecule has 0 radical (unpaired) electrons. The fourth-order valence-corrected chi connectivity index (χ4v) is 3.98. The van der Waals surface area contributed by atoms with E-state index in [1.165, 1.54) is 4.90 Å². The van der Waals surface area contributed by atoms with Gasteiger partial charge in [-0.3, -0.25) is 9.59 Å². The molecule has 0 saturated carbocycles. The van der Waals surface area contributed by atoms with Crippen LogP contribution in [0.4, 0.5) is 0 Å². The Kier molecular flexibility index (Phi) is 6.77. The summed E-state index contributed by atoms with van der Waals surface area (Å²) in [7, 11) is 0. The van der Waals surface area contributed by atoms with Crippen molar-refractivity contribution in [3.8, 4) is 0 Å². The number of para-hydroxylation sites is 1. The summed E-state index contributed by atoms with van der Waals surface area (Å²) in [6, 6.07) is 5.18. The summed E-state index contributed by atoms with van der Waals surface area (Å²) in [5.41, 5.74) is 7.81. The van der Waals surface area contributed by atoms with Gasteiger partial charge >= 0.3 is 5.97 Å². The molecule has 2 heterocycles. The van der Waals surface area contributed by atoms with Crippen molar-refractivity contribution in [1.82, 2.24) is 15.2 Å². The number of hydrogen-bond acceptors (Lipinski definition) is 4. The standard InChI is InChI=1S/C22H30N4O4/c1-3-13(2)19(23)21(28)26-10-6-9-18(26)20(27)25-17(22(29)30)11-14-12-24-16-8-5-4-7-15(14)16/h4-5,7-8,12-13,17-19,24H,3,6,9-11,23H2,1-2H3,(H,25,27)(H,29,30). The zero-order chi connectivity index (χ0) is 21.8. The molecular formula is C22H30N4O4. The highest BCUT2D eigenvalue weighted by atomic mass is 16.4. The van der Waals surface area contributed by atoms with Gasteiger partial charge in [0.25, 0.3) is 0 Å². The molecule has 5 N–H and O–H groups in total. The summed E-state index contributed by atoms with van der Waals surface area (Å²) in [6.45, 7) is 4.34. The minimum absolute atomic E-state index is 0.00968. The first-order valence-electron chi connectivity index (χ1n) is 10.5. The van der Waals surface area contributed by atoms with Gasteiger partial charge in [0, 0.05) is 30.1 Å². The first-order valence-corrected chi connectivity index (χ1v) is 10.5. The molecule has 1 saturated heterocycles. The first kappa shape index (κ1) is 21.8. The highest BCUT2D eigenvalue weighted by Gasteiger charge is 2.38. The maximum atomic E-state index is 12.9. The molecule has 1 aliphatic heterocycles. The van der Waals surface area contributed by atoms with Gasteiger partial charge in [0.2, 0.25) is 11.8 Å². The van der Waals surface area contributed by atoms with Gasteiger partial charge in [-0.05, 0) is 30.4 Å². The van der Waals surface area contributed by atoms with Crippen LogP contribution in [-0.2, 0) is 20.8 Å². The van der Waals surface area contributed by atoms with E-state index in [-0.39, 0.29) is 18.2 Å². The maximum absolute atomic E-state index is 12.9. The molecule has 0 aliphatic carbocycles. The second-order valence-corrected chi connectivity index (χ2v) is 8.06. The topological polar surface area (TPSA) is 129 Å². The number of aromatic amines is 1. The number of nitrogens with one attached hydrogen (secondary N) is 2. The van der Waals surface area contributed by atoms with Crippen LogP contribution in [0.15, 0.2) is 30.5 Å². The van der Waals surface area contributed by atoms with E-state index >= 15 is 0 Å². The summed E-state index contributed by atoms with van der Waals surface area (Å²) < 4.78 is 0. The zero-order valence-corrected chi connectivity index (χ0v) is 17.4. The van der Waals surface area contributed by atoms with Gasteiger partial charge < -0.3 is 26.0 Å². The summed E-state index contributed by atoms with van der Waals surface area (Å²) in [6.07, 6.45) is 3.88. The lowest BCUT2D eigenvalue weighted by atomic mass is 9.98. The molecule has 162 valence electrons. The molecule has 4 atom stereocenters. The van der Waals surface area contributed by atoms with E-state index in [4.69, 9.17) is 5.73 Å². The number of rotatable bonds is 8. The van der Waals surface area contributed by atoms with Gasteiger partial charge in [0.1, 0.15) is 12.1 Å². The van der Waals surface area contributed by atoms with Crippen LogP contribution in [0.5, 0.6) is 0 Å². The average molecular weight is 415 g/mol. The van der Waals surface area contributed by atoms with Crippen LogP contribution in [0.1, 0.15) is 38.7 Å². The Balaban J connectivity index is 1.71. The monoisotopic (exact) mass is 414 g/mol. The van der Waals surface area contributed by atoms with Crippen LogP contribution in [0.2, 0.25) is 0 Å². The molecule has 1 fully saturated rings. The number of aromatic nitrogens is 1. The number of nitrogens with two attached hydrogens (primary N) is 1. The van der Waals surface area contributed by atoms with Gasteiger partial charge in [-0.1, -0.05) is 38.5 Å². The normalized spacial score (nSPS) is 19.4. The minimum Gasteiger partial charge on any atom is -0.480 e. The van der Waals surface area contributed by atoms with Crippen molar-refractivity contribution in [2.24, 2.45) is 11.7 Å². The third-order valence-corrected chi connectivity index (χ3v) is 6.09. The van der Waals surface area contributed by atoms with E-state index in [1.54, 1.807) is 6.20 Å². The summed E-state index contributed by atoms with van der Waals surface area (Å²) in [5, 5.41) is 13.2. The number of benzene rings is 1. The number of carboxylic acid groups (broad SMARTS) is 1. The number of nitrogens with zero attached hydrogens (tertiary/aromatic N) is 1. The Morgan fingerprint density at radius 3 is 2.77 bits per heavy atom. The summed E-state index contributed by atoms with van der Waals surface area (Å²) >= 11 is 0. The van der Waals surface area contributed by atoms with Crippen molar-refractivity contribution >= 4 is 28.7 Å². The van der Waals surface area contributed by atoms with E-state index in [0.29, 0.717) is 19.4 Å². The molecule has 1 aromatic carbocycles.